The zero-order valence-corrected chi connectivity index (χ0v) is 9.87. The molecule has 0 heterocycles. The average Bonchev–Trinajstić information content (AvgIpc) is 2.09. The molecule has 0 unspecified atom stereocenters. The number of halogens is 4. The summed E-state index contributed by atoms with van der Waals surface area (Å²) in [6, 6.07) is 3.14. The van der Waals surface area contributed by atoms with Gasteiger partial charge in [-0.25, -0.2) is 0 Å². The van der Waals surface area contributed by atoms with Gasteiger partial charge in [0.15, 0.2) is 6.61 Å². The molecule has 0 aliphatic rings. The Labute approximate surface area is 94.4 Å². The molecule has 0 saturated carbocycles. The van der Waals surface area contributed by atoms with Gasteiger partial charge in [-0.3, -0.25) is 0 Å². The molecule has 0 aliphatic carbocycles. The summed E-state index contributed by atoms with van der Waals surface area (Å²) in [6.45, 7) is 2.35. The second-order valence-corrected chi connectivity index (χ2v) is 4.07. The van der Waals surface area contributed by atoms with Crippen LogP contribution < -0.4 is 4.74 Å². The van der Waals surface area contributed by atoms with E-state index in [0.717, 1.165) is 15.6 Å². The molecule has 0 aliphatic heterocycles. The molecule has 1 nitrogen and oxygen atoms in total. The molecule has 1 aromatic rings. The molecule has 0 N–H and O–H groups in total. The second kappa shape index (κ2) is 4.43. The molecule has 0 amide bonds. The molecule has 5 heteroatoms. The van der Waals surface area contributed by atoms with Crippen molar-refractivity contribution in [2.24, 2.45) is 0 Å². The maximum atomic E-state index is 11.9. The van der Waals surface area contributed by atoms with Crippen molar-refractivity contribution < 1.29 is 17.9 Å². The third-order valence-electron chi connectivity index (χ3n) is 1.81. The van der Waals surface area contributed by atoms with E-state index in [1.165, 1.54) is 0 Å². The fraction of sp³-hybridized carbons (Fsp3) is 0.400. The first-order valence-corrected chi connectivity index (χ1v) is 5.05. The van der Waals surface area contributed by atoms with Crippen LogP contribution in [0, 0.1) is 13.8 Å². The summed E-state index contributed by atoms with van der Waals surface area (Å²) in [4.78, 5) is 0. The monoisotopic (exact) mass is 282 g/mol. The number of rotatable bonds is 2. The molecule has 0 saturated heterocycles. The SMILES string of the molecule is Cc1cc(OCC(F)(F)F)cc(C)c1Br. The summed E-state index contributed by atoms with van der Waals surface area (Å²) in [6.07, 6.45) is -4.30. The topological polar surface area (TPSA) is 9.23 Å². The lowest BCUT2D eigenvalue weighted by Gasteiger charge is -2.11. The van der Waals surface area contributed by atoms with Crippen molar-refractivity contribution in [2.45, 2.75) is 20.0 Å². The summed E-state index contributed by atoms with van der Waals surface area (Å²) in [5, 5.41) is 0. The summed E-state index contributed by atoms with van der Waals surface area (Å²) >= 11 is 3.33. The van der Waals surface area contributed by atoms with E-state index >= 15 is 0 Å². The van der Waals surface area contributed by atoms with Crippen LogP contribution in [0.2, 0.25) is 0 Å². The average molecular weight is 283 g/mol. The molecule has 0 bridgehead atoms. The van der Waals surface area contributed by atoms with E-state index in [-0.39, 0.29) is 5.75 Å². The largest absolute Gasteiger partial charge is 0.484 e. The molecule has 0 radical (unpaired) electrons. The fourth-order valence-corrected chi connectivity index (χ4v) is 1.38. The smallest absolute Gasteiger partial charge is 0.422 e. The number of benzene rings is 1. The van der Waals surface area contributed by atoms with E-state index in [1.807, 2.05) is 0 Å². The Kier molecular flexibility index (Phi) is 3.65. The Balaban J connectivity index is 2.80. The second-order valence-electron chi connectivity index (χ2n) is 3.27. The van der Waals surface area contributed by atoms with Crippen LogP contribution in [0.4, 0.5) is 13.2 Å². The number of hydrogen-bond donors (Lipinski definition) is 0. The van der Waals surface area contributed by atoms with E-state index in [2.05, 4.69) is 20.7 Å². The quantitative estimate of drug-likeness (QED) is 0.797. The van der Waals surface area contributed by atoms with Crippen LogP contribution >= 0.6 is 15.9 Å². The van der Waals surface area contributed by atoms with Crippen molar-refractivity contribution in [2.75, 3.05) is 6.61 Å². The maximum absolute atomic E-state index is 11.9. The normalized spacial score (nSPS) is 11.6. The first-order valence-electron chi connectivity index (χ1n) is 4.26. The van der Waals surface area contributed by atoms with Gasteiger partial charge in [-0.05, 0) is 37.1 Å². The third-order valence-corrected chi connectivity index (χ3v) is 3.06. The highest BCUT2D eigenvalue weighted by Gasteiger charge is 2.28. The lowest BCUT2D eigenvalue weighted by atomic mass is 10.1. The van der Waals surface area contributed by atoms with Gasteiger partial charge in [-0.2, -0.15) is 13.2 Å². The zero-order chi connectivity index (χ0) is 11.6. The maximum Gasteiger partial charge on any atom is 0.422 e. The molecule has 0 spiro atoms. The first kappa shape index (κ1) is 12.4. The highest BCUT2D eigenvalue weighted by Crippen LogP contribution is 2.27. The molecule has 0 atom stereocenters. The van der Waals surface area contributed by atoms with Gasteiger partial charge in [-0.1, -0.05) is 15.9 Å². The molecule has 0 fully saturated rings. The van der Waals surface area contributed by atoms with Gasteiger partial charge in [0, 0.05) is 4.47 Å². The van der Waals surface area contributed by atoms with Crippen molar-refractivity contribution in [1.82, 2.24) is 0 Å². The Morgan fingerprint density at radius 2 is 1.67 bits per heavy atom. The minimum atomic E-state index is -4.30. The highest BCUT2D eigenvalue weighted by atomic mass is 79.9. The molecule has 1 aromatic carbocycles. The van der Waals surface area contributed by atoms with Crippen molar-refractivity contribution in [3.05, 3.63) is 27.7 Å². The van der Waals surface area contributed by atoms with Gasteiger partial charge in [0.2, 0.25) is 0 Å². The van der Waals surface area contributed by atoms with E-state index in [9.17, 15) is 13.2 Å². The van der Waals surface area contributed by atoms with Crippen LogP contribution in [-0.2, 0) is 0 Å². The molecular formula is C10H10BrF3O. The zero-order valence-electron chi connectivity index (χ0n) is 8.28. The standard InChI is InChI=1S/C10H10BrF3O/c1-6-3-8(4-7(2)9(6)11)15-5-10(12,13)14/h3-4H,5H2,1-2H3. The van der Waals surface area contributed by atoms with Gasteiger partial charge in [0.1, 0.15) is 5.75 Å². The number of hydrogen-bond acceptors (Lipinski definition) is 1. The van der Waals surface area contributed by atoms with Crippen LogP contribution in [0.3, 0.4) is 0 Å². The lowest BCUT2D eigenvalue weighted by Crippen LogP contribution is -2.19. The van der Waals surface area contributed by atoms with Gasteiger partial charge >= 0.3 is 6.18 Å². The number of ether oxygens (including phenoxy) is 1. The lowest BCUT2D eigenvalue weighted by molar-refractivity contribution is -0.153. The van der Waals surface area contributed by atoms with Gasteiger partial charge in [0.25, 0.3) is 0 Å². The predicted octanol–water partition coefficient (Wildman–Crippen LogP) is 4.01. The highest BCUT2D eigenvalue weighted by molar-refractivity contribution is 9.10. The minimum Gasteiger partial charge on any atom is -0.484 e. The molecular weight excluding hydrogens is 273 g/mol. The number of aryl methyl sites for hydroxylation is 2. The predicted molar refractivity (Wildman–Crippen MR) is 55.2 cm³/mol. The van der Waals surface area contributed by atoms with Crippen LogP contribution in [0.15, 0.2) is 16.6 Å². The minimum absolute atomic E-state index is 0.241. The fourth-order valence-electron chi connectivity index (χ4n) is 1.15. The Bertz CT molecular complexity index is 337. The van der Waals surface area contributed by atoms with Gasteiger partial charge in [0.05, 0.1) is 0 Å². The van der Waals surface area contributed by atoms with E-state index < -0.39 is 12.8 Å². The molecule has 15 heavy (non-hydrogen) atoms. The first-order chi connectivity index (χ1) is 6.79. The van der Waals surface area contributed by atoms with Crippen LogP contribution in [-0.4, -0.2) is 12.8 Å². The third kappa shape index (κ3) is 3.74. The van der Waals surface area contributed by atoms with Crippen molar-refractivity contribution in [3.63, 3.8) is 0 Å². The molecule has 0 aromatic heterocycles. The van der Waals surface area contributed by atoms with Gasteiger partial charge in [-0.15, -0.1) is 0 Å². The van der Waals surface area contributed by atoms with Crippen molar-refractivity contribution in [1.29, 1.82) is 0 Å². The summed E-state index contributed by atoms with van der Waals surface area (Å²) < 4.78 is 41.2. The number of alkyl halides is 3. The van der Waals surface area contributed by atoms with Gasteiger partial charge < -0.3 is 4.74 Å². The van der Waals surface area contributed by atoms with E-state index in [0.29, 0.717) is 0 Å². The Hall–Kier alpha value is -0.710. The summed E-state index contributed by atoms with van der Waals surface area (Å²) in [5.74, 6) is 0.241. The molecule has 84 valence electrons. The molecule has 1 rings (SSSR count). The van der Waals surface area contributed by atoms with Crippen LogP contribution in [0.25, 0.3) is 0 Å². The van der Waals surface area contributed by atoms with E-state index in [1.54, 1.807) is 26.0 Å². The van der Waals surface area contributed by atoms with Crippen molar-refractivity contribution in [3.8, 4) is 5.75 Å². The van der Waals surface area contributed by atoms with Crippen LogP contribution in [0.1, 0.15) is 11.1 Å². The van der Waals surface area contributed by atoms with Crippen LogP contribution in [0.5, 0.6) is 5.75 Å². The Morgan fingerprint density at radius 1 is 1.20 bits per heavy atom. The Morgan fingerprint density at radius 3 is 2.07 bits per heavy atom. The summed E-state index contributed by atoms with van der Waals surface area (Å²) in [5.41, 5.74) is 1.71. The summed E-state index contributed by atoms with van der Waals surface area (Å²) in [7, 11) is 0. The van der Waals surface area contributed by atoms with Crippen molar-refractivity contribution >= 4 is 15.9 Å². The van der Waals surface area contributed by atoms with E-state index in [4.69, 9.17) is 0 Å².